The van der Waals surface area contributed by atoms with Crippen molar-refractivity contribution in [2.24, 2.45) is 0 Å². The molecule has 1 aromatic rings. The van der Waals surface area contributed by atoms with Crippen LogP contribution in [-0.4, -0.2) is 18.5 Å². The number of benzene rings is 1. The molecule has 0 N–H and O–H groups in total. The molecule has 0 aromatic heterocycles. The molecule has 0 saturated heterocycles. The molecule has 1 aromatic carbocycles. The first-order valence-electron chi connectivity index (χ1n) is 10.8. The van der Waals surface area contributed by atoms with E-state index < -0.39 is 47.2 Å². The average Bonchev–Trinajstić information content (AvgIpc) is 2.66. The summed E-state index contributed by atoms with van der Waals surface area (Å²) in [7, 11) is 0. The molecular weight excluding hydrogens is 304 g/mol. The summed E-state index contributed by atoms with van der Waals surface area (Å²) in [5.74, 6) is -2.90. The minimum Gasteiger partial charge on any atom is -0.545 e. The lowest BCUT2D eigenvalue weighted by Crippen LogP contribution is -2.25. The third-order valence-corrected chi connectivity index (χ3v) is 3.83. The smallest absolute Gasteiger partial charge is 0.338 e. The van der Waals surface area contributed by atoms with Crippen LogP contribution in [0.25, 0.3) is 0 Å². The second kappa shape index (κ2) is 12.6. The zero-order chi connectivity index (χ0) is 21.1. The van der Waals surface area contributed by atoms with Gasteiger partial charge in [-0.2, -0.15) is 0 Å². The largest absolute Gasteiger partial charge is 0.545 e. The Bertz CT molecular complexity index is 677. The molecule has 0 spiro atoms. The summed E-state index contributed by atoms with van der Waals surface area (Å²) in [6.45, 7) is 2.27. The van der Waals surface area contributed by atoms with Gasteiger partial charge in [0.05, 0.1) is 23.6 Å². The number of carboxylic acids is 1. The predicted molar refractivity (Wildman–Crippen MR) is 92.9 cm³/mol. The first-order valence-corrected chi connectivity index (χ1v) is 8.81. The number of aromatic carboxylic acids is 1. The molecule has 0 amide bonds. The zero-order valence-electron chi connectivity index (χ0n) is 18.4. The van der Waals surface area contributed by atoms with Crippen LogP contribution in [0.3, 0.4) is 0 Å². The number of esters is 1. The highest BCUT2D eigenvalue weighted by Crippen LogP contribution is 2.12. The highest BCUT2D eigenvalue weighted by atomic mass is 16.5. The third kappa shape index (κ3) is 8.14. The maximum Gasteiger partial charge on any atom is 0.338 e. The van der Waals surface area contributed by atoms with Crippen LogP contribution in [0.2, 0.25) is 0 Å². The standard InChI is InChI=1S/C20H30O4/c1-2-3-4-5-6-7-8-9-10-13-16-24-20(23)18-15-12-11-14-17(18)19(21)22/h11-12,14-15H,2-10,13,16H2,1H3,(H,21,22)/p-1/i11D,12D,14D,15D. The summed E-state index contributed by atoms with van der Waals surface area (Å²) in [6.07, 6.45) is 11.2. The van der Waals surface area contributed by atoms with E-state index in [-0.39, 0.29) is 6.61 Å². The van der Waals surface area contributed by atoms with E-state index in [0.29, 0.717) is 6.42 Å². The molecule has 0 aliphatic carbocycles. The molecule has 0 aliphatic rings. The number of unbranched alkanes of at least 4 members (excludes halogenated alkanes) is 9. The topological polar surface area (TPSA) is 66.4 Å². The van der Waals surface area contributed by atoms with Crippen LogP contribution in [0.4, 0.5) is 0 Å². The van der Waals surface area contributed by atoms with Gasteiger partial charge < -0.3 is 14.6 Å². The molecule has 0 radical (unpaired) electrons. The van der Waals surface area contributed by atoms with Crippen LogP contribution in [0.1, 0.15) is 97.3 Å². The summed E-state index contributed by atoms with van der Waals surface area (Å²) in [4.78, 5) is 23.5. The fourth-order valence-corrected chi connectivity index (χ4v) is 2.45. The van der Waals surface area contributed by atoms with Gasteiger partial charge in [-0.05, 0) is 12.5 Å². The molecule has 24 heavy (non-hydrogen) atoms. The number of carbonyl (C=O) groups excluding carboxylic acids is 2. The average molecular weight is 337 g/mol. The van der Waals surface area contributed by atoms with Crippen molar-refractivity contribution in [3.63, 3.8) is 0 Å². The maximum absolute atomic E-state index is 12.2. The molecule has 134 valence electrons. The number of carboxylic acid groups (broad SMARTS) is 1. The quantitative estimate of drug-likeness (QED) is 0.401. The fourth-order valence-electron chi connectivity index (χ4n) is 2.45. The lowest BCUT2D eigenvalue weighted by atomic mass is 10.1. The Labute approximate surface area is 150 Å². The molecule has 0 fully saturated rings. The summed E-state index contributed by atoms with van der Waals surface area (Å²) >= 11 is 0. The summed E-state index contributed by atoms with van der Waals surface area (Å²) in [5, 5.41) is 11.3. The Morgan fingerprint density at radius 1 is 0.917 bits per heavy atom. The van der Waals surface area contributed by atoms with Crippen molar-refractivity contribution in [2.75, 3.05) is 6.61 Å². The molecule has 4 heteroatoms. The monoisotopic (exact) mass is 337 g/mol. The molecule has 1 rings (SSSR count). The molecule has 0 bridgehead atoms. The van der Waals surface area contributed by atoms with E-state index in [2.05, 4.69) is 6.92 Å². The van der Waals surface area contributed by atoms with Crippen LogP contribution in [-0.2, 0) is 4.74 Å². The predicted octanol–water partition coefficient (Wildman–Crippen LogP) is 4.13. The first-order chi connectivity index (χ1) is 13.3. The van der Waals surface area contributed by atoms with Crippen LogP contribution in [0.15, 0.2) is 24.2 Å². The number of carbonyl (C=O) groups is 2. The van der Waals surface area contributed by atoms with E-state index in [0.717, 1.165) is 19.3 Å². The first kappa shape index (κ1) is 14.5. The van der Waals surface area contributed by atoms with Crippen molar-refractivity contribution in [2.45, 2.75) is 71.1 Å². The van der Waals surface area contributed by atoms with Crippen molar-refractivity contribution in [1.82, 2.24) is 0 Å². The van der Waals surface area contributed by atoms with E-state index in [9.17, 15) is 14.7 Å². The lowest BCUT2D eigenvalue weighted by Gasteiger charge is -2.10. The van der Waals surface area contributed by atoms with Gasteiger partial charge in [0.1, 0.15) is 0 Å². The van der Waals surface area contributed by atoms with Crippen molar-refractivity contribution in [3.8, 4) is 0 Å². The molecule has 0 heterocycles. The van der Waals surface area contributed by atoms with Gasteiger partial charge in [0.15, 0.2) is 0 Å². The zero-order valence-corrected chi connectivity index (χ0v) is 14.4. The summed E-state index contributed by atoms with van der Waals surface area (Å²) in [6, 6.07) is -2.95. The van der Waals surface area contributed by atoms with Gasteiger partial charge in [0.25, 0.3) is 0 Å². The van der Waals surface area contributed by atoms with Gasteiger partial charge in [-0.1, -0.05) is 82.8 Å². The summed E-state index contributed by atoms with van der Waals surface area (Å²) < 4.78 is 35.6. The van der Waals surface area contributed by atoms with Crippen molar-refractivity contribution >= 4 is 11.9 Å². The molecule has 0 aliphatic heterocycles. The maximum atomic E-state index is 12.2. The van der Waals surface area contributed by atoms with E-state index in [1.165, 1.54) is 38.5 Å². The Balaban J connectivity index is 2.45. The number of rotatable bonds is 13. The van der Waals surface area contributed by atoms with Gasteiger partial charge in [0, 0.05) is 5.56 Å². The molecule has 0 saturated carbocycles. The highest BCUT2D eigenvalue weighted by Gasteiger charge is 2.12. The van der Waals surface area contributed by atoms with E-state index in [1.54, 1.807) is 0 Å². The van der Waals surface area contributed by atoms with Crippen LogP contribution in [0.5, 0.6) is 0 Å². The van der Waals surface area contributed by atoms with Crippen LogP contribution >= 0.6 is 0 Å². The molecular formula is C20H29O4-. The summed E-state index contributed by atoms with van der Waals surface area (Å²) in [5.41, 5.74) is -1.54. The normalized spacial score (nSPS) is 12.9. The molecule has 4 nitrogen and oxygen atoms in total. The second-order valence-corrected chi connectivity index (χ2v) is 5.86. The van der Waals surface area contributed by atoms with Gasteiger partial charge in [-0.25, -0.2) is 4.79 Å². The van der Waals surface area contributed by atoms with Crippen molar-refractivity contribution < 1.29 is 24.9 Å². The Morgan fingerprint density at radius 3 is 1.96 bits per heavy atom. The number of ether oxygens (including phenoxy) is 1. The Morgan fingerprint density at radius 2 is 1.42 bits per heavy atom. The minimum absolute atomic E-state index is 0.0740. The number of hydrogen-bond donors (Lipinski definition) is 0. The third-order valence-electron chi connectivity index (χ3n) is 3.83. The van der Waals surface area contributed by atoms with Gasteiger partial charge in [-0.3, -0.25) is 0 Å². The van der Waals surface area contributed by atoms with Crippen LogP contribution in [0, 0.1) is 0 Å². The van der Waals surface area contributed by atoms with Gasteiger partial charge >= 0.3 is 5.97 Å². The van der Waals surface area contributed by atoms with Crippen molar-refractivity contribution in [3.05, 3.63) is 35.3 Å². The minimum atomic E-state index is -1.84. The highest BCUT2D eigenvalue weighted by molar-refractivity contribution is 6.01. The second-order valence-electron chi connectivity index (χ2n) is 5.86. The Hall–Kier alpha value is -1.84. The Kier molecular flexibility index (Phi) is 7.59. The van der Waals surface area contributed by atoms with E-state index in [4.69, 9.17) is 10.2 Å². The van der Waals surface area contributed by atoms with Crippen molar-refractivity contribution in [1.29, 1.82) is 0 Å². The van der Waals surface area contributed by atoms with E-state index in [1.807, 2.05) is 0 Å². The lowest BCUT2D eigenvalue weighted by molar-refractivity contribution is -0.255. The SMILES string of the molecule is [2H]c1c([2H])c([2H])c(C(=O)OCCCCCCCCCCCC)c(C(=O)[O-])c1[2H]. The van der Waals surface area contributed by atoms with Gasteiger partial charge in [-0.15, -0.1) is 0 Å². The molecule has 0 atom stereocenters. The van der Waals surface area contributed by atoms with E-state index >= 15 is 0 Å². The fraction of sp³-hybridized carbons (Fsp3) is 0.600. The number of hydrogen-bond acceptors (Lipinski definition) is 4. The molecule has 0 unspecified atom stereocenters. The van der Waals surface area contributed by atoms with Crippen LogP contribution < -0.4 is 5.11 Å². The van der Waals surface area contributed by atoms with Gasteiger partial charge in [0.2, 0.25) is 0 Å².